The first-order chi connectivity index (χ1) is 18.0. The predicted octanol–water partition coefficient (Wildman–Crippen LogP) is 6.10. The van der Waals surface area contributed by atoms with E-state index in [0.717, 1.165) is 5.56 Å². The van der Waals surface area contributed by atoms with Crippen LogP contribution in [0, 0.1) is 0 Å². The Morgan fingerprint density at radius 1 is 1.05 bits per heavy atom. The van der Waals surface area contributed by atoms with Crippen LogP contribution >= 0.6 is 11.8 Å². The highest BCUT2D eigenvalue weighted by Crippen LogP contribution is 2.37. The van der Waals surface area contributed by atoms with Gasteiger partial charge in [-0.05, 0) is 42.3 Å². The number of alkyl halides is 2. The topological polar surface area (TPSA) is 81.1 Å². The number of aromatic nitrogens is 3. The van der Waals surface area contributed by atoms with Gasteiger partial charge in [0.25, 0.3) is 5.91 Å². The summed E-state index contributed by atoms with van der Waals surface area (Å²) < 4.78 is 31.5. The van der Waals surface area contributed by atoms with Gasteiger partial charge >= 0.3 is 6.61 Å². The first kappa shape index (κ1) is 24.5. The van der Waals surface area contributed by atoms with Gasteiger partial charge in [-0.2, -0.15) is 13.8 Å². The third-order valence-corrected chi connectivity index (χ3v) is 6.65. The summed E-state index contributed by atoms with van der Waals surface area (Å²) in [6, 6.07) is 24.7. The zero-order valence-electron chi connectivity index (χ0n) is 19.8. The van der Waals surface area contributed by atoms with Crippen LogP contribution < -0.4 is 15.4 Å². The lowest BCUT2D eigenvalue weighted by molar-refractivity contribution is -0.113. The Labute approximate surface area is 216 Å². The van der Waals surface area contributed by atoms with E-state index >= 15 is 0 Å². The largest absolute Gasteiger partial charge is 0.435 e. The summed E-state index contributed by atoms with van der Waals surface area (Å²) in [6.45, 7) is -1.12. The van der Waals surface area contributed by atoms with Crippen LogP contribution in [0.2, 0.25) is 0 Å². The van der Waals surface area contributed by atoms with Crippen molar-refractivity contribution < 1.29 is 18.3 Å². The number of anilines is 2. The van der Waals surface area contributed by atoms with E-state index in [4.69, 9.17) is 5.10 Å². The van der Waals surface area contributed by atoms with E-state index in [2.05, 4.69) is 20.4 Å². The Kier molecular flexibility index (Phi) is 7.18. The summed E-state index contributed by atoms with van der Waals surface area (Å²) in [7, 11) is 0. The fraction of sp³-hybridized carbons (Fsp3) is 0.148. The lowest BCUT2D eigenvalue weighted by atomic mass is 9.95. The molecular formula is C27H23F2N5O2S. The minimum absolute atomic E-state index is 0.0293. The van der Waals surface area contributed by atoms with E-state index in [-0.39, 0.29) is 11.7 Å². The highest BCUT2D eigenvalue weighted by atomic mass is 32.2. The van der Waals surface area contributed by atoms with Crippen molar-refractivity contribution in [2.75, 3.05) is 10.6 Å². The number of nitrogens with zero attached hydrogens (tertiary/aromatic N) is 3. The van der Waals surface area contributed by atoms with E-state index in [1.54, 1.807) is 35.9 Å². The monoisotopic (exact) mass is 519 g/mol. The highest BCUT2D eigenvalue weighted by Gasteiger charge is 2.34. The van der Waals surface area contributed by atoms with Crippen molar-refractivity contribution in [3.8, 4) is 5.75 Å². The van der Waals surface area contributed by atoms with Crippen molar-refractivity contribution >= 4 is 29.3 Å². The van der Waals surface area contributed by atoms with Gasteiger partial charge in [-0.25, -0.2) is 4.68 Å². The van der Waals surface area contributed by atoms with Gasteiger partial charge in [-0.3, -0.25) is 4.79 Å². The van der Waals surface area contributed by atoms with Gasteiger partial charge in [-0.15, -0.1) is 5.10 Å². The van der Waals surface area contributed by atoms with Crippen molar-refractivity contribution in [2.24, 2.45) is 0 Å². The molecule has 1 amide bonds. The SMILES string of the molecule is CC1=C(C(=O)Nc2ccccc2)C(c2ccc(OC(F)F)cc2)n2nc(SCc3ccccc3)nc2N1. The molecule has 10 heteroatoms. The maximum atomic E-state index is 13.5. The Balaban J connectivity index is 1.49. The van der Waals surface area contributed by atoms with Crippen molar-refractivity contribution in [2.45, 2.75) is 30.5 Å². The summed E-state index contributed by atoms with van der Waals surface area (Å²) in [6.07, 6.45) is 0. The van der Waals surface area contributed by atoms with Crippen LogP contribution in [0.5, 0.6) is 5.75 Å². The fourth-order valence-corrected chi connectivity index (χ4v) is 4.85. The number of fused-ring (bicyclic) bond motifs is 1. The van der Waals surface area contributed by atoms with E-state index in [1.165, 1.54) is 23.9 Å². The molecule has 1 aliphatic heterocycles. The number of carbonyl (C=O) groups excluding carboxylic acids is 1. The number of thioether (sulfide) groups is 1. The molecule has 37 heavy (non-hydrogen) atoms. The number of hydrogen-bond acceptors (Lipinski definition) is 6. The molecule has 3 aromatic carbocycles. The standard InChI is InChI=1S/C27H23F2N5O2S/c1-17-22(24(35)31-20-10-6-3-7-11-20)23(19-12-14-21(15-13-19)36-25(28)29)34-26(30-17)32-27(33-34)37-16-18-8-4-2-5-9-18/h2-15,23,25H,16H2,1H3,(H,31,35)(H,30,32,33). The van der Waals surface area contributed by atoms with Crippen LogP contribution in [0.25, 0.3) is 0 Å². The summed E-state index contributed by atoms with van der Waals surface area (Å²) >= 11 is 1.48. The number of para-hydroxylation sites is 1. The molecule has 1 aliphatic rings. The second-order valence-electron chi connectivity index (χ2n) is 8.27. The molecule has 0 spiro atoms. The molecule has 2 heterocycles. The van der Waals surface area contributed by atoms with E-state index in [9.17, 15) is 13.6 Å². The van der Waals surface area contributed by atoms with Crippen LogP contribution in [0.1, 0.15) is 24.1 Å². The number of rotatable bonds is 8. The predicted molar refractivity (Wildman–Crippen MR) is 139 cm³/mol. The van der Waals surface area contributed by atoms with Gasteiger partial charge in [0.2, 0.25) is 11.1 Å². The normalized spacial score (nSPS) is 14.8. The molecule has 0 saturated heterocycles. The van der Waals surface area contributed by atoms with Crippen LogP contribution in [-0.2, 0) is 10.5 Å². The van der Waals surface area contributed by atoms with Crippen LogP contribution in [0.15, 0.2) is 101 Å². The summed E-state index contributed by atoms with van der Waals surface area (Å²) in [5.41, 5.74) is 3.51. The van der Waals surface area contributed by atoms with E-state index < -0.39 is 12.7 Å². The summed E-state index contributed by atoms with van der Waals surface area (Å²) in [4.78, 5) is 18.1. The Morgan fingerprint density at radius 2 is 1.73 bits per heavy atom. The van der Waals surface area contributed by atoms with Crippen molar-refractivity contribution in [1.82, 2.24) is 14.8 Å². The number of hydrogen-bond donors (Lipinski definition) is 2. The molecule has 4 aromatic rings. The van der Waals surface area contributed by atoms with Crippen molar-refractivity contribution in [3.63, 3.8) is 0 Å². The molecule has 5 rings (SSSR count). The maximum absolute atomic E-state index is 13.5. The molecule has 188 valence electrons. The quantitative estimate of drug-likeness (QED) is 0.274. The first-order valence-corrected chi connectivity index (χ1v) is 12.5. The van der Waals surface area contributed by atoms with Crippen molar-refractivity contribution in [1.29, 1.82) is 0 Å². The lowest BCUT2D eigenvalue weighted by Crippen LogP contribution is -2.31. The summed E-state index contributed by atoms with van der Waals surface area (Å²) in [5, 5.41) is 11.4. The maximum Gasteiger partial charge on any atom is 0.387 e. The number of carbonyl (C=O) groups is 1. The smallest absolute Gasteiger partial charge is 0.387 e. The second kappa shape index (κ2) is 10.8. The molecule has 0 fully saturated rings. The average Bonchev–Trinajstić information content (AvgIpc) is 3.30. The molecular weight excluding hydrogens is 496 g/mol. The number of nitrogens with one attached hydrogen (secondary N) is 2. The Hall–Kier alpha value is -4.18. The molecule has 0 saturated carbocycles. The zero-order chi connectivity index (χ0) is 25.8. The number of allylic oxidation sites excluding steroid dienone is 1. The van der Waals surface area contributed by atoms with Crippen LogP contribution in [-0.4, -0.2) is 27.3 Å². The molecule has 2 N–H and O–H groups in total. The Morgan fingerprint density at radius 3 is 2.41 bits per heavy atom. The number of benzene rings is 3. The number of halogens is 2. The zero-order valence-corrected chi connectivity index (χ0v) is 20.6. The molecule has 0 radical (unpaired) electrons. The van der Waals surface area contributed by atoms with Gasteiger partial charge in [0, 0.05) is 17.1 Å². The van der Waals surface area contributed by atoms with E-state index in [1.807, 2.05) is 48.5 Å². The number of amides is 1. The van der Waals surface area contributed by atoms with Gasteiger partial charge in [-0.1, -0.05) is 72.4 Å². The molecule has 0 aliphatic carbocycles. The van der Waals surface area contributed by atoms with E-state index in [0.29, 0.717) is 39.4 Å². The fourth-order valence-electron chi connectivity index (χ4n) is 4.07. The average molecular weight is 520 g/mol. The lowest BCUT2D eigenvalue weighted by Gasteiger charge is -2.28. The van der Waals surface area contributed by atoms with Gasteiger partial charge < -0.3 is 15.4 Å². The minimum Gasteiger partial charge on any atom is -0.435 e. The molecule has 1 atom stereocenters. The van der Waals surface area contributed by atoms with Crippen LogP contribution in [0.3, 0.4) is 0 Å². The van der Waals surface area contributed by atoms with Crippen molar-refractivity contribution in [3.05, 3.63) is 107 Å². The van der Waals surface area contributed by atoms with Crippen LogP contribution in [0.4, 0.5) is 20.4 Å². The highest BCUT2D eigenvalue weighted by molar-refractivity contribution is 7.98. The molecule has 7 nitrogen and oxygen atoms in total. The first-order valence-electron chi connectivity index (χ1n) is 11.5. The van der Waals surface area contributed by atoms with Gasteiger partial charge in [0.05, 0.1) is 5.57 Å². The third kappa shape index (κ3) is 5.64. The minimum atomic E-state index is -2.93. The molecule has 0 bridgehead atoms. The second-order valence-corrected chi connectivity index (χ2v) is 9.21. The van der Waals surface area contributed by atoms with Gasteiger partial charge in [0.1, 0.15) is 11.8 Å². The Bertz CT molecular complexity index is 1410. The number of ether oxygens (including phenoxy) is 1. The third-order valence-electron chi connectivity index (χ3n) is 5.74. The molecule has 1 unspecified atom stereocenters. The van der Waals surface area contributed by atoms with Gasteiger partial charge in [0.15, 0.2) is 0 Å². The summed E-state index contributed by atoms with van der Waals surface area (Å²) in [5.74, 6) is 0.889. The molecule has 1 aromatic heterocycles.